The number of carbonyl (C=O) groups is 1. The molecule has 2 heterocycles. The van der Waals surface area contributed by atoms with Crippen LogP contribution in [0.25, 0.3) is 0 Å². The van der Waals surface area contributed by atoms with E-state index in [2.05, 4.69) is 5.32 Å². The van der Waals surface area contributed by atoms with E-state index in [1.165, 1.54) is 6.92 Å². The van der Waals surface area contributed by atoms with Crippen LogP contribution in [0.1, 0.15) is 13.3 Å². The topological polar surface area (TPSA) is 113 Å². The van der Waals surface area contributed by atoms with Crippen LogP contribution in [-0.4, -0.2) is 80.8 Å². The van der Waals surface area contributed by atoms with E-state index in [9.17, 15) is 25.2 Å². The van der Waals surface area contributed by atoms with Crippen molar-refractivity contribution in [3.8, 4) is 0 Å². The van der Waals surface area contributed by atoms with E-state index in [0.717, 1.165) is 0 Å². The van der Waals surface area contributed by atoms with E-state index in [0.29, 0.717) is 6.42 Å². The Morgan fingerprint density at radius 3 is 2.56 bits per heavy atom. The molecule has 18 heavy (non-hydrogen) atoms. The predicted octanol–water partition coefficient (Wildman–Crippen LogP) is -2.98. The van der Waals surface area contributed by atoms with E-state index < -0.39 is 30.4 Å². The van der Waals surface area contributed by atoms with Crippen molar-refractivity contribution in [3.05, 3.63) is 0 Å². The highest BCUT2D eigenvalue weighted by Gasteiger charge is 2.56. The van der Waals surface area contributed by atoms with Crippen molar-refractivity contribution in [2.45, 2.75) is 49.8 Å². The first-order valence-electron chi connectivity index (χ1n) is 6.14. The minimum atomic E-state index is -1.06. The molecule has 1 amide bonds. The lowest BCUT2D eigenvalue weighted by Crippen LogP contribution is -2.49. The number of amides is 1. The number of hydrogen-bond acceptors (Lipinski definition) is 6. The van der Waals surface area contributed by atoms with Gasteiger partial charge in [-0.05, 0) is 6.42 Å². The molecule has 0 aromatic rings. The summed E-state index contributed by atoms with van der Waals surface area (Å²) >= 11 is 0. The highest BCUT2D eigenvalue weighted by atomic mass is 16.3. The Hall–Kier alpha value is -0.730. The number of aliphatic hydroxyl groups is 4. The van der Waals surface area contributed by atoms with Crippen LogP contribution in [0.5, 0.6) is 0 Å². The van der Waals surface area contributed by atoms with Gasteiger partial charge in [-0.15, -0.1) is 0 Å². The van der Waals surface area contributed by atoms with Gasteiger partial charge in [-0.25, -0.2) is 0 Å². The van der Waals surface area contributed by atoms with E-state index in [4.69, 9.17) is 0 Å². The van der Waals surface area contributed by atoms with Crippen molar-refractivity contribution in [1.29, 1.82) is 0 Å². The third-order valence-corrected chi connectivity index (χ3v) is 3.92. The molecular weight excluding hydrogens is 240 g/mol. The monoisotopic (exact) mass is 260 g/mol. The number of hydrogen-bond donors (Lipinski definition) is 5. The summed E-state index contributed by atoms with van der Waals surface area (Å²) in [4.78, 5) is 12.7. The van der Waals surface area contributed by atoms with Crippen LogP contribution in [0.2, 0.25) is 0 Å². The lowest BCUT2D eigenvalue weighted by atomic mass is 10.0. The molecular formula is C11H20N2O5. The maximum Gasteiger partial charge on any atom is 0.216 e. The molecule has 2 fully saturated rings. The molecule has 104 valence electrons. The standard InChI is InChI=1S/C11H20N2O5/c1-5(15)12-3-7-10(17)11(18)9-8(16)2-6(4-14)13(7)9/h6-11,14,16-18H,2-4H2,1H3,(H,12,15). The third kappa shape index (κ3) is 2.12. The van der Waals surface area contributed by atoms with Crippen molar-refractivity contribution in [3.63, 3.8) is 0 Å². The van der Waals surface area contributed by atoms with Gasteiger partial charge in [-0.2, -0.15) is 0 Å². The van der Waals surface area contributed by atoms with Gasteiger partial charge in [0.2, 0.25) is 5.91 Å². The summed E-state index contributed by atoms with van der Waals surface area (Å²) in [5.41, 5.74) is 0. The number of fused-ring (bicyclic) bond motifs is 1. The SMILES string of the molecule is CC(=O)NCC1C(O)C(O)C2C(O)CC(CO)N12. The molecule has 6 unspecified atom stereocenters. The number of nitrogens with one attached hydrogen (secondary N) is 1. The smallest absolute Gasteiger partial charge is 0.216 e. The second-order valence-electron chi connectivity index (χ2n) is 5.06. The van der Waals surface area contributed by atoms with Crippen LogP contribution >= 0.6 is 0 Å². The van der Waals surface area contributed by atoms with Gasteiger partial charge >= 0.3 is 0 Å². The highest BCUT2D eigenvalue weighted by molar-refractivity contribution is 5.72. The van der Waals surface area contributed by atoms with Gasteiger partial charge in [0.1, 0.15) is 0 Å². The number of nitrogens with zero attached hydrogens (tertiary/aromatic N) is 1. The van der Waals surface area contributed by atoms with Crippen LogP contribution in [0, 0.1) is 0 Å². The Bertz CT molecular complexity index is 327. The van der Waals surface area contributed by atoms with Gasteiger partial charge in [0.05, 0.1) is 37.0 Å². The van der Waals surface area contributed by atoms with Crippen molar-refractivity contribution in [2.24, 2.45) is 0 Å². The summed E-state index contributed by atoms with van der Waals surface area (Å²) in [5.74, 6) is -0.222. The predicted molar refractivity (Wildman–Crippen MR) is 61.6 cm³/mol. The van der Waals surface area contributed by atoms with Crippen molar-refractivity contribution >= 4 is 5.91 Å². The first kappa shape index (κ1) is 13.7. The summed E-state index contributed by atoms with van der Waals surface area (Å²) in [7, 11) is 0. The minimum absolute atomic E-state index is 0.149. The lowest BCUT2D eigenvalue weighted by molar-refractivity contribution is -0.119. The van der Waals surface area contributed by atoms with Crippen molar-refractivity contribution in [2.75, 3.05) is 13.2 Å². The Labute approximate surface area is 105 Å². The van der Waals surface area contributed by atoms with Crippen LogP contribution < -0.4 is 5.32 Å². The van der Waals surface area contributed by atoms with Crippen LogP contribution in [0.3, 0.4) is 0 Å². The average molecular weight is 260 g/mol. The highest BCUT2D eigenvalue weighted by Crippen LogP contribution is 2.37. The van der Waals surface area contributed by atoms with Crippen LogP contribution in [-0.2, 0) is 4.79 Å². The zero-order valence-corrected chi connectivity index (χ0v) is 10.2. The molecule has 0 saturated carbocycles. The Morgan fingerprint density at radius 2 is 2.00 bits per heavy atom. The second kappa shape index (κ2) is 5.10. The summed E-state index contributed by atoms with van der Waals surface area (Å²) in [6.45, 7) is 1.41. The third-order valence-electron chi connectivity index (χ3n) is 3.92. The van der Waals surface area contributed by atoms with E-state index in [1.54, 1.807) is 4.90 Å². The number of aliphatic hydroxyl groups excluding tert-OH is 4. The molecule has 0 aromatic heterocycles. The quantitative estimate of drug-likeness (QED) is 0.370. The van der Waals surface area contributed by atoms with Gasteiger partial charge in [-0.1, -0.05) is 0 Å². The Balaban J connectivity index is 2.15. The molecule has 2 rings (SSSR count). The molecule has 5 N–H and O–H groups in total. The van der Waals surface area contributed by atoms with E-state index in [1.807, 2.05) is 0 Å². The maximum atomic E-state index is 10.9. The summed E-state index contributed by atoms with van der Waals surface area (Å²) in [5, 5.41) is 41.7. The van der Waals surface area contributed by atoms with E-state index >= 15 is 0 Å². The summed E-state index contributed by atoms with van der Waals surface area (Å²) < 4.78 is 0. The fourth-order valence-corrected chi connectivity index (χ4v) is 3.13. The van der Waals surface area contributed by atoms with Gasteiger partial charge in [0.15, 0.2) is 0 Å². The zero-order chi connectivity index (χ0) is 13.4. The average Bonchev–Trinajstić information content (AvgIpc) is 2.76. The molecule has 0 radical (unpaired) electrons. The maximum absolute atomic E-state index is 10.9. The molecule has 0 aromatic carbocycles. The van der Waals surface area contributed by atoms with Crippen molar-refractivity contribution < 1.29 is 25.2 Å². The molecule has 0 aliphatic carbocycles. The number of carbonyl (C=O) groups excluding carboxylic acids is 1. The normalized spacial score (nSPS) is 44.1. The first-order chi connectivity index (χ1) is 8.47. The summed E-state index contributed by atoms with van der Waals surface area (Å²) in [6, 6.07) is -1.35. The van der Waals surface area contributed by atoms with Crippen LogP contribution in [0.15, 0.2) is 0 Å². The fourth-order valence-electron chi connectivity index (χ4n) is 3.13. The Morgan fingerprint density at radius 1 is 1.33 bits per heavy atom. The lowest BCUT2D eigenvalue weighted by Gasteiger charge is -2.29. The fraction of sp³-hybridized carbons (Fsp3) is 0.909. The second-order valence-corrected chi connectivity index (χ2v) is 5.06. The number of rotatable bonds is 3. The molecule has 2 aliphatic rings. The molecule has 2 saturated heterocycles. The molecule has 2 aliphatic heterocycles. The molecule has 7 nitrogen and oxygen atoms in total. The van der Waals surface area contributed by atoms with Crippen LogP contribution in [0.4, 0.5) is 0 Å². The largest absolute Gasteiger partial charge is 0.395 e. The minimum Gasteiger partial charge on any atom is -0.395 e. The van der Waals surface area contributed by atoms with Gasteiger partial charge in [-0.3, -0.25) is 9.69 Å². The van der Waals surface area contributed by atoms with Gasteiger partial charge < -0.3 is 25.7 Å². The zero-order valence-electron chi connectivity index (χ0n) is 10.2. The molecule has 6 atom stereocenters. The Kier molecular flexibility index (Phi) is 3.88. The van der Waals surface area contributed by atoms with E-state index in [-0.39, 0.29) is 25.1 Å². The van der Waals surface area contributed by atoms with Crippen molar-refractivity contribution in [1.82, 2.24) is 10.2 Å². The van der Waals surface area contributed by atoms with Gasteiger partial charge in [0, 0.05) is 19.5 Å². The molecule has 0 spiro atoms. The molecule has 0 bridgehead atoms. The summed E-state index contributed by atoms with van der Waals surface area (Å²) in [6.07, 6.45) is -2.50. The van der Waals surface area contributed by atoms with Gasteiger partial charge in [0.25, 0.3) is 0 Å². The first-order valence-corrected chi connectivity index (χ1v) is 6.14. The molecule has 7 heteroatoms.